The monoisotopic (exact) mass is 364 g/mol. The lowest BCUT2D eigenvalue weighted by Gasteiger charge is -2.30. The quantitative estimate of drug-likeness (QED) is 0.860. The molecular weight excluding hydrogens is 340 g/mol. The minimum Gasteiger partial charge on any atom is -0.368 e. The van der Waals surface area contributed by atoms with Gasteiger partial charge in [0.25, 0.3) is 0 Å². The Hall–Kier alpha value is -2.82. The number of aromatic nitrogens is 1. The number of nitrogens with zero attached hydrogens (tertiary/aromatic N) is 4. The predicted octanol–water partition coefficient (Wildman–Crippen LogP) is 2.12. The number of pyridine rings is 1. The van der Waals surface area contributed by atoms with Gasteiger partial charge in [-0.1, -0.05) is 18.2 Å². The van der Waals surface area contributed by atoms with Crippen LogP contribution in [0.15, 0.2) is 36.5 Å². The second-order valence-corrected chi connectivity index (χ2v) is 6.75. The van der Waals surface area contributed by atoms with Crippen LogP contribution in [-0.2, 0) is 11.3 Å². The van der Waals surface area contributed by atoms with Crippen LogP contribution in [0.25, 0.3) is 0 Å². The summed E-state index contributed by atoms with van der Waals surface area (Å²) in [5.41, 5.74) is 3.86. The van der Waals surface area contributed by atoms with E-state index in [9.17, 15) is 5.26 Å². The van der Waals surface area contributed by atoms with Gasteiger partial charge in [-0.15, -0.1) is 0 Å². The summed E-state index contributed by atoms with van der Waals surface area (Å²) < 4.78 is 5.68. The van der Waals surface area contributed by atoms with Crippen LogP contribution < -0.4 is 20.4 Å². The van der Waals surface area contributed by atoms with Crippen LogP contribution in [-0.4, -0.2) is 44.6 Å². The molecule has 0 amide bonds. The lowest BCUT2D eigenvalue weighted by atomic mass is 10.1. The zero-order chi connectivity index (χ0) is 18.6. The number of ether oxygens (including phenoxy) is 1. The smallest absolute Gasteiger partial charge is 0.209 e. The average molecular weight is 364 g/mol. The number of nitrogens with one attached hydrogen (secondary N) is 2. The van der Waals surface area contributed by atoms with Crippen LogP contribution in [0.3, 0.4) is 0 Å². The minimum absolute atomic E-state index is 0.314. The summed E-state index contributed by atoms with van der Waals surface area (Å²) in [5, 5.41) is 16.3. The van der Waals surface area contributed by atoms with Gasteiger partial charge < -0.3 is 25.2 Å². The van der Waals surface area contributed by atoms with E-state index in [-0.39, 0.29) is 6.35 Å². The highest BCUT2D eigenvalue weighted by Crippen LogP contribution is 2.42. The molecule has 2 aliphatic rings. The molecule has 2 N–H and O–H groups in total. The maximum Gasteiger partial charge on any atom is 0.209 e. The van der Waals surface area contributed by atoms with Gasteiger partial charge >= 0.3 is 0 Å². The van der Waals surface area contributed by atoms with Gasteiger partial charge in [-0.05, 0) is 30.7 Å². The maximum absolute atomic E-state index is 9.46. The van der Waals surface area contributed by atoms with Gasteiger partial charge in [0, 0.05) is 39.5 Å². The Morgan fingerprint density at radius 2 is 2.15 bits per heavy atom. The highest BCUT2D eigenvalue weighted by molar-refractivity contribution is 5.85. The minimum atomic E-state index is -0.314. The summed E-state index contributed by atoms with van der Waals surface area (Å²) in [5.74, 6) is 0.825. The van der Waals surface area contributed by atoms with Crippen molar-refractivity contribution in [1.82, 2.24) is 10.3 Å². The molecule has 7 nitrogen and oxygen atoms in total. The number of anilines is 3. The molecule has 2 aromatic rings. The van der Waals surface area contributed by atoms with Crippen molar-refractivity contribution in [3.8, 4) is 6.07 Å². The molecule has 0 spiro atoms. The Balaban J connectivity index is 1.72. The third kappa shape index (κ3) is 3.42. The highest BCUT2D eigenvalue weighted by atomic mass is 16.5. The third-order valence-corrected chi connectivity index (χ3v) is 5.12. The van der Waals surface area contributed by atoms with Crippen LogP contribution in [0.5, 0.6) is 0 Å². The second-order valence-electron chi connectivity index (χ2n) is 6.75. The molecule has 0 aliphatic carbocycles. The predicted molar refractivity (Wildman–Crippen MR) is 106 cm³/mol. The van der Waals surface area contributed by atoms with Gasteiger partial charge in [0.15, 0.2) is 5.82 Å². The molecule has 0 bridgehead atoms. The van der Waals surface area contributed by atoms with Crippen LogP contribution in [0.2, 0.25) is 0 Å². The fraction of sp³-hybridized carbons (Fsp3) is 0.400. The number of hydrogen-bond donors (Lipinski definition) is 2. The van der Waals surface area contributed by atoms with Gasteiger partial charge in [-0.3, -0.25) is 0 Å². The molecule has 27 heavy (non-hydrogen) atoms. The normalized spacial score (nSPS) is 19.2. The Kier molecular flexibility index (Phi) is 5.10. The molecule has 1 fully saturated rings. The molecule has 1 aromatic heterocycles. The van der Waals surface area contributed by atoms with E-state index in [1.807, 2.05) is 30.5 Å². The molecule has 4 rings (SSSR count). The van der Waals surface area contributed by atoms with E-state index in [4.69, 9.17) is 4.74 Å². The highest BCUT2D eigenvalue weighted by Gasteiger charge is 2.34. The third-order valence-electron chi connectivity index (χ3n) is 5.12. The number of rotatable bonds is 4. The molecule has 3 heterocycles. The largest absolute Gasteiger partial charge is 0.368 e. The van der Waals surface area contributed by atoms with Gasteiger partial charge in [0.05, 0.1) is 17.3 Å². The fourth-order valence-electron chi connectivity index (χ4n) is 3.79. The fourth-order valence-corrected chi connectivity index (χ4v) is 3.79. The maximum atomic E-state index is 9.46. The van der Waals surface area contributed by atoms with Crippen LogP contribution in [0.4, 0.5) is 17.2 Å². The van der Waals surface area contributed by atoms with E-state index in [1.165, 1.54) is 0 Å². The van der Waals surface area contributed by atoms with E-state index in [1.54, 1.807) is 7.11 Å². The first-order chi connectivity index (χ1) is 13.3. The summed E-state index contributed by atoms with van der Waals surface area (Å²) in [6, 6.07) is 12.1. The number of fused-ring (bicyclic) bond motifs is 1. The Morgan fingerprint density at radius 1 is 1.26 bits per heavy atom. The van der Waals surface area contributed by atoms with Crippen molar-refractivity contribution in [2.75, 3.05) is 48.4 Å². The van der Waals surface area contributed by atoms with Gasteiger partial charge in [0.2, 0.25) is 6.35 Å². The summed E-state index contributed by atoms with van der Waals surface area (Å²) in [6.45, 7) is 4.55. The Labute approximate surface area is 159 Å². The zero-order valence-electron chi connectivity index (χ0n) is 15.5. The number of benzene rings is 1. The molecule has 0 radical (unpaired) electrons. The van der Waals surface area contributed by atoms with Crippen molar-refractivity contribution in [2.45, 2.75) is 19.3 Å². The van der Waals surface area contributed by atoms with Gasteiger partial charge in [-0.25, -0.2) is 4.98 Å². The van der Waals surface area contributed by atoms with Crippen molar-refractivity contribution in [1.29, 1.82) is 5.26 Å². The first-order valence-corrected chi connectivity index (χ1v) is 9.30. The average Bonchev–Trinajstić information content (AvgIpc) is 2.88. The van der Waals surface area contributed by atoms with Crippen molar-refractivity contribution in [3.05, 3.63) is 47.7 Å². The summed E-state index contributed by atoms with van der Waals surface area (Å²) in [6.07, 6.45) is 2.64. The van der Waals surface area contributed by atoms with Gasteiger partial charge in [0.1, 0.15) is 5.69 Å². The van der Waals surface area contributed by atoms with Crippen LogP contribution in [0.1, 0.15) is 17.5 Å². The van der Waals surface area contributed by atoms with Crippen LogP contribution in [0, 0.1) is 11.3 Å². The molecule has 2 aliphatic heterocycles. The van der Waals surface area contributed by atoms with Crippen molar-refractivity contribution in [3.63, 3.8) is 0 Å². The summed E-state index contributed by atoms with van der Waals surface area (Å²) in [7, 11) is 1.68. The zero-order valence-corrected chi connectivity index (χ0v) is 15.5. The second kappa shape index (κ2) is 7.82. The topological polar surface area (TPSA) is 76.5 Å². The van der Waals surface area contributed by atoms with E-state index in [0.29, 0.717) is 12.1 Å². The van der Waals surface area contributed by atoms with E-state index in [2.05, 4.69) is 37.6 Å². The molecule has 1 aromatic carbocycles. The standard InChI is InChI=1S/C20H24N6O/c1-27-20-24-19-18(26(20)14-16-6-3-2-5-15(16)13-21)17(7-9-23-19)25-11-4-8-22-10-12-25/h2-3,5-7,9,20,22H,4,8,10-12,14H2,1H3,(H,23,24). The molecular formula is C20H24N6O. The SMILES string of the molecule is COC1Nc2nccc(N3CCCNCC3)c2N1Cc1ccccc1C#N. The van der Waals surface area contributed by atoms with E-state index >= 15 is 0 Å². The van der Waals surface area contributed by atoms with E-state index in [0.717, 1.165) is 55.4 Å². The number of hydrogen-bond acceptors (Lipinski definition) is 7. The molecule has 140 valence electrons. The first-order valence-electron chi connectivity index (χ1n) is 9.30. The van der Waals surface area contributed by atoms with Crippen molar-refractivity contribution in [2.24, 2.45) is 0 Å². The lowest BCUT2D eigenvalue weighted by Crippen LogP contribution is -2.38. The Morgan fingerprint density at radius 3 is 3.00 bits per heavy atom. The molecule has 1 saturated heterocycles. The number of methoxy groups -OCH3 is 1. The molecule has 1 atom stereocenters. The first kappa shape index (κ1) is 17.6. The summed E-state index contributed by atoms with van der Waals surface area (Å²) >= 11 is 0. The molecule has 1 unspecified atom stereocenters. The molecule has 0 saturated carbocycles. The lowest BCUT2D eigenvalue weighted by molar-refractivity contribution is 0.125. The number of nitriles is 1. The molecule has 7 heteroatoms. The van der Waals surface area contributed by atoms with E-state index < -0.39 is 0 Å². The van der Waals surface area contributed by atoms with Crippen molar-refractivity contribution < 1.29 is 4.74 Å². The van der Waals surface area contributed by atoms with Gasteiger partial charge in [-0.2, -0.15) is 5.26 Å². The summed E-state index contributed by atoms with van der Waals surface area (Å²) in [4.78, 5) is 9.10. The Bertz CT molecular complexity index is 841. The van der Waals surface area contributed by atoms with Crippen molar-refractivity contribution >= 4 is 17.2 Å². The van der Waals surface area contributed by atoms with Crippen LogP contribution >= 0.6 is 0 Å².